The van der Waals surface area contributed by atoms with Gasteiger partial charge in [-0.15, -0.1) is 11.8 Å². The summed E-state index contributed by atoms with van der Waals surface area (Å²) in [7, 11) is 1.79. The highest BCUT2D eigenvalue weighted by atomic mass is 32.2. The van der Waals surface area contributed by atoms with Crippen LogP contribution < -0.4 is 5.32 Å². The van der Waals surface area contributed by atoms with Gasteiger partial charge in [-0.1, -0.05) is 19.1 Å². The number of benzene rings is 1. The van der Waals surface area contributed by atoms with Crippen molar-refractivity contribution in [1.82, 2.24) is 9.47 Å². The van der Waals surface area contributed by atoms with E-state index in [9.17, 15) is 9.59 Å². The summed E-state index contributed by atoms with van der Waals surface area (Å²) in [5.41, 5.74) is 3.66. The summed E-state index contributed by atoms with van der Waals surface area (Å²) >= 11 is 1.59. The van der Waals surface area contributed by atoms with Crippen LogP contribution in [0.3, 0.4) is 0 Å². The van der Waals surface area contributed by atoms with Crippen LogP contribution in [-0.2, 0) is 11.3 Å². The van der Waals surface area contributed by atoms with Gasteiger partial charge >= 0.3 is 0 Å². The molecule has 1 aromatic carbocycles. The highest BCUT2D eigenvalue weighted by Gasteiger charge is 2.18. The number of hydrogen-bond acceptors (Lipinski definition) is 4. The number of hydrogen-bond donors (Lipinski definition) is 1. The zero-order chi connectivity index (χ0) is 20.0. The molecule has 146 valence electrons. The van der Waals surface area contributed by atoms with Crippen LogP contribution in [0.5, 0.6) is 0 Å². The zero-order valence-electron chi connectivity index (χ0n) is 16.8. The average Bonchev–Trinajstić information content (AvgIpc) is 2.90. The van der Waals surface area contributed by atoms with Gasteiger partial charge in [0.25, 0.3) is 0 Å². The Morgan fingerprint density at radius 3 is 2.56 bits per heavy atom. The molecule has 1 heterocycles. The SMILES string of the molecule is CCCn1c(C)cc(C(=O)CN(C)CC(=O)Nc2ccccc2SC)c1C. The van der Waals surface area contributed by atoms with E-state index in [4.69, 9.17) is 0 Å². The number of anilines is 1. The number of thioether (sulfide) groups is 1. The van der Waals surface area contributed by atoms with Gasteiger partial charge in [-0.25, -0.2) is 0 Å². The third-order valence-electron chi connectivity index (χ3n) is 4.53. The molecule has 2 rings (SSSR count). The maximum Gasteiger partial charge on any atom is 0.238 e. The summed E-state index contributed by atoms with van der Waals surface area (Å²) in [6, 6.07) is 9.66. The first-order valence-electron chi connectivity index (χ1n) is 9.18. The Bertz CT molecular complexity index is 814. The van der Waals surface area contributed by atoms with Crippen molar-refractivity contribution in [3.63, 3.8) is 0 Å². The van der Waals surface area contributed by atoms with Crippen LogP contribution in [0.1, 0.15) is 35.1 Å². The van der Waals surface area contributed by atoms with Crippen LogP contribution in [0.2, 0.25) is 0 Å². The molecule has 0 aliphatic rings. The van der Waals surface area contributed by atoms with Gasteiger partial charge in [0.15, 0.2) is 5.78 Å². The van der Waals surface area contributed by atoms with E-state index in [0.29, 0.717) is 0 Å². The Morgan fingerprint density at radius 2 is 1.89 bits per heavy atom. The molecular weight excluding hydrogens is 358 g/mol. The third-order valence-corrected chi connectivity index (χ3v) is 5.33. The van der Waals surface area contributed by atoms with Gasteiger partial charge in [-0.2, -0.15) is 0 Å². The van der Waals surface area contributed by atoms with Crippen LogP contribution in [0, 0.1) is 13.8 Å². The molecule has 27 heavy (non-hydrogen) atoms. The molecule has 1 amide bonds. The lowest BCUT2D eigenvalue weighted by molar-refractivity contribution is -0.116. The molecule has 0 aliphatic carbocycles. The third kappa shape index (κ3) is 5.47. The molecule has 0 aliphatic heterocycles. The Hall–Kier alpha value is -2.05. The molecule has 0 saturated heterocycles. The summed E-state index contributed by atoms with van der Waals surface area (Å²) in [6.45, 7) is 7.44. The van der Waals surface area contributed by atoms with Gasteiger partial charge in [-0.05, 0) is 51.8 Å². The molecule has 1 N–H and O–H groups in total. The van der Waals surface area contributed by atoms with Crippen LogP contribution in [0.25, 0.3) is 0 Å². The average molecular weight is 388 g/mol. The summed E-state index contributed by atoms with van der Waals surface area (Å²) < 4.78 is 2.18. The molecule has 6 heteroatoms. The molecule has 5 nitrogen and oxygen atoms in total. The minimum Gasteiger partial charge on any atom is -0.348 e. The second kappa shape index (κ2) is 9.76. The quantitative estimate of drug-likeness (QED) is 0.522. The fourth-order valence-corrected chi connectivity index (χ4v) is 3.77. The molecular formula is C21H29N3O2S. The fraction of sp³-hybridized carbons (Fsp3) is 0.429. The van der Waals surface area contributed by atoms with Gasteiger partial charge in [0.1, 0.15) is 0 Å². The lowest BCUT2D eigenvalue weighted by Crippen LogP contribution is -2.34. The van der Waals surface area contributed by atoms with E-state index in [1.54, 1.807) is 23.7 Å². The second-order valence-corrected chi connectivity index (χ2v) is 7.63. The Labute approximate surface area is 166 Å². The highest BCUT2D eigenvalue weighted by Crippen LogP contribution is 2.24. The van der Waals surface area contributed by atoms with Crippen molar-refractivity contribution in [2.24, 2.45) is 0 Å². The number of para-hydroxylation sites is 1. The number of Topliss-reactive ketones (excluding diaryl/α,β-unsaturated/α-hetero) is 1. The number of amides is 1. The number of carbonyl (C=O) groups is 2. The van der Waals surface area contributed by atoms with E-state index in [1.807, 2.05) is 50.4 Å². The van der Waals surface area contributed by atoms with Gasteiger partial charge in [0.2, 0.25) is 5.91 Å². The van der Waals surface area contributed by atoms with Crippen molar-refractivity contribution >= 4 is 29.1 Å². The van der Waals surface area contributed by atoms with Crippen molar-refractivity contribution in [3.8, 4) is 0 Å². The van der Waals surface area contributed by atoms with Crippen molar-refractivity contribution in [1.29, 1.82) is 0 Å². The van der Waals surface area contributed by atoms with Crippen LogP contribution in [0.4, 0.5) is 5.69 Å². The minimum absolute atomic E-state index is 0.0465. The van der Waals surface area contributed by atoms with Crippen LogP contribution in [-0.4, -0.2) is 47.6 Å². The van der Waals surface area contributed by atoms with E-state index in [0.717, 1.165) is 40.5 Å². The predicted molar refractivity (Wildman–Crippen MR) is 113 cm³/mol. The van der Waals surface area contributed by atoms with Gasteiger partial charge in [0, 0.05) is 28.4 Å². The van der Waals surface area contributed by atoms with E-state index in [2.05, 4.69) is 16.8 Å². The lowest BCUT2D eigenvalue weighted by atomic mass is 10.1. The van der Waals surface area contributed by atoms with Crippen molar-refractivity contribution in [3.05, 3.63) is 47.3 Å². The molecule has 0 fully saturated rings. The number of ketones is 1. The Kier molecular flexibility index (Phi) is 7.68. The topological polar surface area (TPSA) is 54.3 Å². The lowest BCUT2D eigenvalue weighted by Gasteiger charge is -2.16. The molecule has 2 aromatic rings. The minimum atomic E-state index is -0.122. The van der Waals surface area contributed by atoms with Crippen LogP contribution >= 0.6 is 11.8 Å². The molecule has 0 spiro atoms. The summed E-state index contributed by atoms with van der Waals surface area (Å²) in [5, 5.41) is 2.93. The van der Waals surface area contributed by atoms with Gasteiger partial charge in [-0.3, -0.25) is 14.5 Å². The molecule has 0 saturated carbocycles. The van der Waals surface area contributed by atoms with Crippen molar-refractivity contribution in [2.45, 2.75) is 38.6 Å². The highest BCUT2D eigenvalue weighted by molar-refractivity contribution is 7.98. The standard InChI is InChI=1S/C21H29N3O2S/c1-6-11-24-15(2)12-17(16(24)3)19(25)13-23(4)14-21(26)22-18-9-7-8-10-20(18)27-5/h7-10,12H,6,11,13-14H2,1-5H3,(H,22,26). The summed E-state index contributed by atoms with van der Waals surface area (Å²) in [5.74, 6) is -0.0754. The molecule has 0 unspecified atom stereocenters. The predicted octanol–water partition coefficient (Wildman–Crippen LogP) is 3.99. The van der Waals surface area contributed by atoms with E-state index >= 15 is 0 Å². The van der Waals surface area contributed by atoms with E-state index in [-0.39, 0.29) is 24.8 Å². The number of aromatic nitrogens is 1. The first-order chi connectivity index (χ1) is 12.9. The fourth-order valence-electron chi connectivity index (χ4n) is 3.22. The zero-order valence-corrected chi connectivity index (χ0v) is 17.7. The number of aryl methyl sites for hydroxylation is 1. The van der Waals surface area contributed by atoms with Crippen LogP contribution in [0.15, 0.2) is 35.2 Å². The monoisotopic (exact) mass is 387 g/mol. The van der Waals surface area contributed by atoms with E-state index in [1.165, 1.54) is 0 Å². The van der Waals surface area contributed by atoms with E-state index < -0.39 is 0 Å². The molecule has 0 bridgehead atoms. The maximum atomic E-state index is 12.7. The molecule has 0 atom stereocenters. The maximum absolute atomic E-state index is 12.7. The van der Waals surface area contributed by atoms with Gasteiger partial charge in [0.05, 0.1) is 18.8 Å². The normalized spacial score (nSPS) is 11.0. The number of nitrogens with zero attached hydrogens (tertiary/aromatic N) is 2. The van der Waals surface area contributed by atoms with Crippen molar-refractivity contribution < 1.29 is 9.59 Å². The number of nitrogens with one attached hydrogen (secondary N) is 1. The summed E-state index contributed by atoms with van der Waals surface area (Å²) in [6.07, 6.45) is 3.01. The summed E-state index contributed by atoms with van der Waals surface area (Å²) in [4.78, 5) is 27.8. The molecule has 1 aromatic heterocycles. The number of rotatable bonds is 9. The first kappa shape index (κ1) is 21.3. The number of likely N-dealkylation sites (N-methyl/N-ethyl adjacent to an activating group) is 1. The second-order valence-electron chi connectivity index (χ2n) is 6.78. The molecule has 0 radical (unpaired) electrons. The largest absolute Gasteiger partial charge is 0.348 e. The Balaban J connectivity index is 1.97. The first-order valence-corrected chi connectivity index (χ1v) is 10.4. The van der Waals surface area contributed by atoms with Gasteiger partial charge < -0.3 is 9.88 Å². The number of carbonyl (C=O) groups excluding carboxylic acids is 2. The van der Waals surface area contributed by atoms with Crippen molar-refractivity contribution in [2.75, 3.05) is 31.7 Å². The Morgan fingerprint density at radius 1 is 1.19 bits per heavy atom. The smallest absolute Gasteiger partial charge is 0.238 e.